The van der Waals surface area contributed by atoms with Gasteiger partial charge in [-0.3, -0.25) is 9.78 Å². The number of alkyl halides is 3. The summed E-state index contributed by atoms with van der Waals surface area (Å²) in [6.07, 6.45) is -1.01. The van der Waals surface area contributed by atoms with Crippen LogP contribution >= 0.6 is 0 Å². The number of halogens is 3. The van der Waals surface area contributed by atoms with E-state index in [4.69, 9.17) is 0 Å². The van der Waals surface area contributed by atoms with E-state index in [0.717, 1.165) is 36.1 Å². The molecular formula is C25H23F3N2O. The summed E-state index contributed by atoms with van der Waals surface area (Å²) in [5, 5.41) is 3.11. The minimum Gasteiger partial charge on any atom is -0.340 e. The summed E-state index contributed by atoms with van der Waals surface area (Å²) in [4.78, 5) is 17.5. The van der Waals surface area contributed by atoms with E-state index in [2.05, 4.69) is 10.3 Å². The van der Waals surface area contributed by atoms with Gasteiger partial charge >= 0.3 is 6.18 Å². The van der Waals surface area contributed by atoms with Crippen molar-refractivity contribution in [1.29, 1.82) is 0 Å². The van der Waals surface area contributed by atoms with Crippen LogP contribution in [0.15, 0.2) is 72.9 Å². The van der Waals surface area contributed by atoms with Crippen LogP contribution in [0.25, 0.3) is 0 Å². The molecule has 1 atom stereocenters. The first-order chi connectivity index (χ1) is 14.8. The molecule has 0 radical (unpaired) electrons. The van der Waals surface area contributed by atoms with E-state index >= 15 is 0 Å². The van der Waals surface area contributed by atoms with E-state index in [0.29, 0.717) is 11.3 Å². The summed E-state index contributed by atoms with van der Waals surface area (Å²) >= 11 is 0. The second-order valence-electron chi connectivity index (χ2n) is 8.13. The van der Waals surface area contributed by atoms with Gasteiger partial charge in [0, 0.05) is 18.5 Å². The molecule has 0 saturated heterocycles. The lowest BCUT2D eigenvalue weighted by Gasteiger charge is -2.36. The van der Waals surface area contributed by atoms with Crippen LogP contribution in [0.4, 0.5) is 13.2 Å². The summed E-state index contributed by atoms with van der Waals surface area (Å²) in [5.74, 6) is -0.262. The van der Waals surface area contributed by atoms with Gasteiger partial charge in [0.2, 0.25) is 5.91 Å². The van der Waals surface area contributed by atoms with E-state index in [9.17, 15) is 18.0 Å². The molecule has 1 saturated carbocycles. The van der Waals surface area contributed by atoms with E-state index < -0.39 is 17.3 Å². The molecule has 0 spiro atoms. The molecular weight excluding hydrogens is 401 g/mol. The topological polar surface area (TPSA) is 42.0 Å². The number of pyridine rings is 1. The Bertz CT molecular complexity index is 1080. The molecule has 2 aromatic carbocycles. The van der Waals surface area contributed by atoms with Gasteiger partial charge in [0.25, 0.3) is 0 Å². The number of aromatic nitrogens is 1. The van der Waals surface area contributed by atoms with Gasteiger partial charge < -0.3 is 5.32 Å². The van der Waals surface area contributed by atoms with Crippen LogP contribution in [-0.4, -0.2) is 10.9 Å². The number of benzene rings is 2. The maximum absolute atomic E-state index is 13.5. The van der Waals surface area contributed by atoms with Gasteiger partial charge in [-0.25, -0.2) is 0 Å². The highest BCUT2D eigenvalue weighted by Gasteiger charge is 2.42. The van der Waals surface area contributed by atoms with Gasteiger partial charge in [-0.05, 0) is 60.7 Å². The van der Waals surface area contributed by atoms with Crippen LogP contribution in [0.2, 0.25) is 0 Å². The third-order valence-electron chi connectivity index (χ3n) is 5.63. The molecule has 1 aliphatic rings. The van der Waals surface area contributed by atoms with Crippen molar-refractivity contribution >= 4 is 5.91 Å². The monoisotopic (exact) mass is 424 g/mol. The fourth-order valence-corrected chi connectivity index (χ4v) is 3.81. The summed E-state index contributed by atoms with van der Waals surface area (Å²) < 4.78 is 40.6. The molecule has 1 unspecified atom stereocenters. The molecule has 160 valence electrons. The maximum atomic E-state index is 13.5. The van der Waals surface area contributed by atoms with Crippen LogP contribution < -0.4 is 5.32 Å². The maximum Gasteiger partial charge on any atom is 0.416 e. The minimum atomic E-state index is -4.49. The zero-order chi connectivity index (χ0) is 22.1. The Balaban J connectivity index is 1.93. The normalized spacial score (nSPS) is 15.9. The summed E-state index contributed by atoms with van der Waals surface area (Å²) in [6.45, 7) is 1.90. The van der Waals surface area contributed by atoms with Crippen molar-refractivity contribution < 1.29 is 18.0 Å². The molecule has 0 aliphatic heterocycles. The first-order valence-electron chi connectivity index (χ1n) is 10.2. The Morgan fingerprint density at radius 2 is 1.71 bits per heavy atom. The second kappa shape index (κ2) is 8.17. The lowest BCUT2D eigenvalue weighted by Crippen LogP contribution is -2.50. The number of carbonyl (C=O) groups excluding carboxylic acids is 1. The number of rotatable bonds is 6. The molecule has 1 amide bonds. The molecule has 1 aliphatic carbocycles. The highest BCUT2D eigenvalue weighted by atomic mass is 19.4. The highest BCUT2D eigenvalue weighted by molar-refractivity contribution is 5.82. The van der Waals surface area contributed by atoms with E-state index in [-0.39, 0.29) is 18.2 Å². The number of hydrogen-bond acceptors (Lipinski definition) is 2. The Labute approximate surface area is 179 Å². The van der Waals surface area contributed by atoms with Gasteiger partial charge in [-0.15, -0.1) is 0 Å². The Morgan fingerprint density at radius 1 is 1.00 bits per heavy atom. The first-order valence-corrected chi connectivity index (χ1v) is 10.2. The molecule has 1 N–H and O–H groups in total. The predicted octanol–water partition coefficient (Wildman–Crippen LogP) is 5.42. The molecule has 0 bridgehead atoms. The van der Waals surface area contributed by atoms with Gasteiger partial charge in [-0.1, -0.05) is 42.5 Å². The average Bonchev–Trinajstić information content (AvgIpc) is 3.59. The quantitative estimate of drug-likeness (QED) is 0.574. The molecule has 31 heavy (non-hydrogen) atoms. The molecule has 6 heteroatoms. The zero-order valence-corrected chi connectivity index (χ0v) is 17.1. The van der Waals surface area contributed by atoms with Crippen molar-refractivity contribution in [2.24, 2.45) is 5.92 Å². The minimum absolute atomic E-state index is 0.106. The number of nitrogens with zero attached hydrogens (tertiary/aromatic N) is 1. The van der Waals surface area contributed by atoms with Crippen LogP contribution in [-0.2, 0) is 22.9 Å². The lowest BCUT2D eigenvalue weighted by molar-refractivity contribution is -0.137. The van der Waals surface area contributed by atoms with Crippen LogP contribution in [0, 0.1) is 12.8 Å². The highest BCUT2D eigenvalue weighted by Crippen LogP contribution is 2.38. The van der Waals surface area contributed by atoms with Gasteiger partial charge in [-0.2, -0.15) is 13.2 Å². The third kappa shape index (κ3) is 4.63. The van der Waals surface area contributed by atoms with Crippen LogP contribution in [0.1, 0.15) is 40.8 Å². The van der Waals surface area contributed by atoms with Gasteiger partial charge in [0.15, 0.2) is 0 Å². The number of amides is 1. The number of nitrogens with one attached hydrogen (secondary N) is 1. The summed E-state index contributed by atoms with van der Waals surface area (Å²) in [7, 11) is 0. The number of hydrogen-bond donors (Lipinski definition) is 1. The molecule has 4 rings (SSSR count). The van der Waals surface area contributed by atoms with Crippen LogP contribution in [0.3, 0.4) is 0 Å². The summed E-state index contributed by atoms with van der Waals surface area (Å²) in [6, 6.07) is 18.3. The Kier molecular flexibility index (Phi) is 5.56. The third-order valence-corrected chi connectivity index (χ3v) is 5.63. The molecule has 3 nitrogen and oxygen atoms in total. The van der Waals surface area contributed by atoms with E-state index in [1.165, 1.54) is 6.07 Å². The molecule has 1 aromatic heterocycles. The zero-order valence-electron chi connectivity index (χ0n) is 17.1. The number of aryl methyl sites for hydroxylation is 1. The number of carbonyl (C=O) groups is 1. The first kappa shape index (κ1) is 21.1. The van der Waals surface area contributed by atoms with E-state index in [1.54, 1.807) is 12.3 Å². The lowest BCUT2D eigenvalue weighted by atomic mass is 9.79. The Hall–Kier alpha value is -3.15. The van der Waals surface area contributed by atoms with Crippen molar-refractivity contribution in [2.75, 3.05) is 0 Å². The van der Waals surface area contributed by atoms with Gasteiger partial charge in [0.1, 0.15) is 5.54 Å². The van der Waals surface area contributed by atoms with Crippen molar-refractivity contribution in [3.05, 3.63) is 101 Å². The standard InChI is InChI=1S/C25H23F3N2O/c1-17-12-13-29-22(14-17)24(30-23(31)19-10-11-19,16-18-6-3-2-4-7-18)20-8-5-9-21(15-20)25(26,27)28/h2-9,12-15,19H,10-11,16H2,1H3,(H,30,31). The predicted molar refractivity (Wildman–Crippen MR) is 112 cm³/mol. The van der Waals surface area contributed by atoms with Crippen LogP contribution in [0.5, 0.6) is 0 Å². The summed E-state index contributed by atoms with van der Waals surface area (Å²) in [5.41, 5.74) is 0.696. The largest absolute Gasteiger partial charge is 0.416 e. The molecule has 3 aromatic rings. The van der Waals surface area contributed by atoms with E-state index in [1.807, 2.05) is 49.4 Å². The molecule has 1 fully saturated rings. The van der Waals surface area contributed by atoms with Gasteiger partial charge in [0.05, 0.1) is 11.3 Å². The second-order valence-corrected chi connectivity index (χ2v) is 8.13. The average molecular weight is 424 g/mol. The fourth-order valence-electron chi connectivity index (χ4n) is 3.81. The van der Waals surface area contributed by atoms with Crippen molar-refractivity contribution in [2.45, 2.75) is 37.9 Å². The smallest absolute Gasteiger partial charge is 0.340 e. The Morgan fingerprint density at radius 3 is 2.35 bits per heavy atom. The SMILES string of the molecule is Cc1ccnc(C(Cc2ccccc2)(NC(=O)C2CC2)c2cccc(C(F)(F)F)c2)c1. The fraction of sp³-hybridized carbons (Fsp3) is 0.280. The van der Waals surface area contributed by atoms with Crippen molar-refractivity contribution in [3.63, 3.8) is 0 Å². The van der Waals surface area contributed by atoms with Crippen molar-refractivity contribution in [1.82, 2.24) is 10.3 Å². The molecule has 1 heterocycles. The van der Waals surface area contributed by atoms with Crippen molar-refractivity contribution in [3.8, 4) is 0 Å².